The van der Waals surface area contributed by atoms with Gasteiger partial charge in [0.2, 0.25) is 10.0 Å². The van der Waals surface area contributed by atoms with Crippen molar-refractivity contribution in [2.24, 2.45) is 0 Å². The summed E-state index contributed by atoms with van der Waals surface area (Å²) < 4.78 is 23.2. The Morgan fingerprint density at radius 1 is 1.50 bits per heavy atom. The quantitative estimate of drug-likeness (QED) is 0.540. The van der Waals surface area contributed by atoms with E-state index in [9.17, 15) is 8.42 Å². The average Bonchev–Trinajstić information content (AvgIpc) is 1.78. The molecule has 0 spiro atoms. The van der Waals surface area contributed by atoms with Gasteiger partial charge in [-0.05, 0) is 0 Å². The standard InChI is InChI=1S/C5H13N2O2S/c1-3-6-4-5-7-10(2,8)9/h7H,3-5H2,1-2H3. The maximum atomic E-state index is 10.4. The highest BCUT2D eigenvalue weighted by Gasteiger charge is 1.96. The lowest BCUT2D eigenvalue weighted by molar-refractivity contribution is 0.582. The maximum Gasteiger partial charge on any atom is 0.208 e. The first kappa shape index (κ1) is 9.87. The molecule has 0 aliphatic carbocycles. The van der Waals surface area contributed by atoms with E-state index in [4.69, 9.17) is 0 Å². The van der Waals surface area contributed by atoms with Crippen molar-refractivity contribution in [1.82, 2.24) is 10.0 Å². The van der Waals surface area contributed by atoms with E-state index in [-0.39, 0.29) is 0 Å². The van der Waals surface area contributed by atoms with E-state index in [1.54, 1.807) is 0 Å². The fourth-order valence-corrected chi connectivity index (χ4v) is 0.930. The summed E-state index contributed by atoms with van der Waals surface area (Å²) in [7, 11) is -3.01. The SMILES string of the molecule is CC[N]CCNS(C)(=O)=O. The van der Waals surface area contributed by atoms with Gasteiger partial charge in [0.1, 0.15) is 0 Å². The predicted octanol–water partition coefficient (Wildman–Crippen LogP) is -0.840. The maximum absolute atomic E-state index is 10.4. The normalized spacial score (nSPS) is 11.8. The second-order valence-electron chi connectivity index (χ2n) is 1.93. The third-order valence-electron chi connectivity index (χ3n) is 0.858. The summed E-state index contributed by atoms with van der Waals surface area (Å²) in [4.78, 5) is 0. The van der Waals surface area contributed by atoms with E-state index in [0.29, 0.717) is 13.1 Å². The van der Waals surface area contributed by atoms with Crippen LogP contribution in [0, 0.1) is 0 Å². The number of rotatable bonds is 5. The van der Waals surface area contributed by atoms with Crippen LogP contribution in [-0.4, -0.2) is 34.3 Å². The topological polar surface area (TPSA) is 60.3 Å². The number of hydrogen-bond acceptors (Lipinski definition) is 2. The molecule has 0 saturated carbocycles. The van der Waals surface area contributed by atoms with E-state index < -0.39 is 10.0 Å². The van der Waals surface area contributed by atoms with Gasteiger partial charge in [0.25, 0.3) is 0 Å². The third kappa shape index (κ3) is 7.87. The number of likely N-dealkylation sites (N-methyl/N-ethyl adjacent to an activating group) is 1. The van der Waals surface area contributed by atoms with Crippen LogP contribution in [0.2, 0.25) is 0 Å². The Labute approximate surface area is 62.1 Å². The second-order valence-corrected chi connectivity index (χ2v) is 3.76. The lowest BCUT2D eigenvalue weighted by Crippen LogP contribution is -2.28. The van der Waals surface area contributed by atoms with Crippen LogP contribution in [0.5, 0.6) is 0 Å². The fourth-order valence-electron chi connectivity index (χ4n) is 0.468. The van der Waals surface area contributed by atoms with Crippen LogP contribution in [0.25, 0.3) is 0 Å². The van der Waals surface area contributed by atoms with Crippen molar-refractivity contribution in [1.29, 1.82) is 0 Å². The van der Waals surface area contributed by atoms with E-state index in [1.165, 1.54) is 0 Å². The Balaban J connectivity index is 3.21. The molecule has 0 amide bonds. The van der Waals surface area contributed by atoms with Crippen molar-refractivity contribution in [3.8, 4) is 0 Å². The molecular weight excluding hydrogens is 152 g/mol. The summed E-state index contributed by atoms with van der Waals surface area (Å²) in [6, 6.07) is 0. The zero-order valence-electron chi connectivity index (χ0n) is 6.29. The van der Waals surface area contributed by atoms with Crippen molar-refractivity contribution >= 4 is 10.0 Å². The summed E-state index contributed by atoms with van der Waals surface area (Å²) >= 11 is 0. The Hall–Kier alpha value is -0.130. The van der Waals surface area contributed by atoms with Gasteiger partial charge >= 0.3 is 0 Å². The molecule has 4 nitrogen and oxygen atoms in total. The van der Waals surface area contributed by atoms with Gasteiger partial charge in [0.15, 0.2) is 0 Å². The number of nitrogens with zero attached hydrogens (tertiary/aromatic N) is 1. The molecule has 0 aromatic heterocycles. The van der Waals surface area contributed by atoms with Gasteiger partial charge in [0.05, 0.1) is 6.26 Å². The molecule has 1 radical (unpaired) electrons. The first-order valence-corrected chi connectivity index (χ1v) is 5.03. The van der Waals surface area contributed by atoms with E-state index in [2.05, 4.69) is 10.0 Å². The van der Waals surface area contributed by atoms with E-state index in [0.717, 1.165) is 12.8 Å². The predicted molar refractivity (Wildman–Crippen MR) is 40.4 cm³/mol. The molecule has 0 aromatic rings. The van der Waals surface area contributed by atoms with Crippen molar-refractivity contribution in [2.75, 3.05) is 25.9 Å². The molecule has 0 heterocycles. The van der Waals surface area contributed by atoms with Crippen LogP contribution in [0.15, 0.2) is 0 Å². The summed E-state index contributed by atoms with van der Waals surface area (Å²) in [5.74, 6) is 0. The molecule has 0 aromatic carbocycles. The molecule has 0 saturated heterocycles. The zero-order chi connectivity index (χ0) is 8.04. The monoisotopic (exact) mass is 165 g/mol. The average molecular weight is 165 g/mol. The van der Waals surface area contributed by atoms with Gasteiger partial charge in [0, 0.05) is 19.6 Å². The molecule has 0 aliphatic rings. The smallest absolute Gasteiger partial charge is 0.208 e. The van der Waals surface area contributed by atoms with Crippen LogP contribution >= 0.6 is 0 Å². The van der Waals surface area contributed by atoms with Crippen molar-refractivity contribution in [3.05, 3.63) is 0 Å². The largest absolute Gasteiger partial charge is 0.241 e. The molecule has 0 unspecified atom stereocenters. The molecule has 1 N–H and O–H groups in total. The van der Waals surface area contributed by atoms with Gasteiger partial charge in [-0.25, -0.2) is 18.5 Å². The number of hydrogen-bond donors (Lipinski definition) is 1. The van der Waals surface area contributed by atoms with Crippen LogP contribution in [0.1, 0.15) is 6.92 Å². The lowest BCUT2D eigenvalue weighted by Gasteiger charge is -1.99. The lowest BCUT2D eigenvalue weighted by atomic mass is 10.6. The third-order valence-corrected chi connectivity index (χ3v) is 1.59. The van der Waals surface area contributed by atoms with Crippen molar-refractivity contribution in [2.45, 2.75) is 6.92 Å². The van der Waals surface area contributed by atoms with E-state index in [1.807, 2.05) is 6.92 Å². The minimum atomic E-state index is -3.01. The Morgan fingerprint density at radius 2 is 2.10 bits per heavy atom. The molecule has 0 rings (SSSR count). The second kappa shape index (κ2) is 4.65. The van der Waals surface area contributed by atoms with Gasteiger partial charge in [-0.15, -0.1) is 0 Å². The minimum Gasteiger partial charge on any atom is -0.241 e. The summed E-state index contributed by atoms with van der Waals surface area (Å²) in [5.41, 5.74) is 0. The molecule has 61 valence electrons. The van der Waals surface area contributed by atoms with Gasteiger partial charge in [-0.2, -0.15) is 0 Å². The first-order chi connectivity index (χ1) is 4.56. The zero-order valence-corrected chi connectivity index (χ0v) is 7.11. The van der Waals surface area contributed by atoms with Crippen molar-refractivity contribution < 1.29 is 8.42 Å². The van der Waals surface area contributed by atoms with Gasteiger partial charge in [-0.3, -0.25) is 0 Å². The molecule has 0 bridgehead atoms. The number of sulfonamides is 1. The van der Waals surface area contributed by atoms with Crippen LogP contribution in [0.3, 0.4) is 0 Å². The summed E-state index contributed by atoms with van der Waals surface area (Å²) in [5, 5.41) is 3.95. The Kier molecular flexibility index (Phi) is 4.59. The molecular formula is C5H13N2O2S. The highest BCUT2D eigenvalue weighted by Crippen LogP contribution is 1.70. The van der Waals surface area contributed by atoms with Gasteiger partial charge < -0.3 is 0 Å². The van der Waals surface area contributed by atoms with E-state index >= 15 is 0 Å². The summed E-state index contributed by atoms with van der Waals surface area (Å²) in [6.45, 7) is 3.63. The Morgan fingerprint density at radius 3 is 2.50 bits per heavy atom. The molecule has 0 atom stereocenters. The first-order valence-electron chi connectivity index (χ1n) is 3.14. The molecule has 5 heteroatoms. The summed E-state index contributed by atoms with van der Waals surface area (Å²) in [6.07, 6.45) is 1.14. The molecule has 0 aliphatic heterocycles. The molecule has 0 fully saturated rings. The van der Waals surface area contributed by atoms with Crippen LogP contribution < -0.4 is 10.0 Å². The molecule has 10 heavy (non-hydrogen) atoms. The highest BCUT2D eigenvalue weighted by atomic mass is 32.2. The van der Waals surface area contributed by atoms with Gasteiger partial charge in [-0.1, -0.05) is 6.92 Å². The Bertz CT molecular complexity index is 164. The van der Waals surface area contributed by atoms with Crippen LogP contribution in [0.4, 0.5) is 0 Å². The minimum absolute atomic E-state index is 0.409. The van der Waals surface area contributed by atoms with Crippen LogP contribution in [-0.2, 0) is 10.0 Å². The highest BCUT2D eigenvalue weighted by molar-refractivity contribution is 7.88. The fraction of sp³-hybridized carbons (Fsp3) is 1.00. The number of nitrogens with one attached hydrogen (secondary N) is 1. The van der Waals surface area contributed by atoms with Crippen molar-refractivity contribution in [3.63, 3.8) is 0 Å².